The Hall–Kier alpha value is -1.09. The third-order valence-corrected chi connectivity index (χ3v) is 2.62. The summed E-state index contributed by atoms with van der Waals surface area (Å²) in [5.41, 5.74) is 3.53. The van der Waals surface area contributed by atoms with Crippen molar-refractivity contribution in [1.82, 2.24) is 10.2 Å². The molecule has 0 amide bonds. The van der Waals surface area contributed by atoms with E-state index in [0.29, 0.717) is 0 Å². The molecule has 1 aromatic carbocycles. The second-order valence-electron chi connectivity index (χ2n) is 2.97. The Morgan fingerprint density at radius 3 is 2.92 bits per heavy atom. The summed E-state index contributed by atoms with van der Waals surface area (Å²) in [6.07, 6.45) is 3.71. The molecule has 2 aromatic rings. The van der Waals surface area contributed by atoms with E-state index in [9.17, 15) is 0 Å². The fraction of sp³-hybridized carbons (Fsp3) is 0.100. The van der Waals surface area contributed by atoms with Crippen molar-refractivity contribution in [2.24, 2.45) is 0 Å². The Kier molecular flexibility index (Phi) is 2.19. The van der Waals surface area contributed by atoms with Gasteiger partial charge in [0.2, 0.25) is 0 Å². The molecule has 0 fully saturated rings. The molecule has 0 saturated carbocycles. The van der Waals surface area contributed by atoms with Crippen LogP contribution >= 0.6 is 15.9 Å². The van der Waals surface area contributed by atoms with Gasteiger partial charge in [-0.15, -0.1) is 0 Å². The Labute approximate surface area is 85.1 Å². The van der Waals surface area contributed by atoms with Crippen LogP contribution in [0.5, 0.6) is 0 Å². The zero-order chi connectivity index (χ0) is 9.26. The zero-order valence-electron chi connectivity index (χ0n) is 7.21. The number of aromatic amines is 1. The zero-order valence-corrected chi connectivity index (χ0v) is 8.80. The smallest absolute Gasteiger partial charge is 0.0566 e. The van der Waals surface area contributed by atoms with Gasteiger partial charge >= 0.3 is 0 Å². The van der Waals surface area contributed by atoms with Crippen LogP contribution < -0.4 is 0 Å². The van der Waals surface area contributed by atoms with E-state index >= 15 is 0 Å². The molecule has 0 aliphatic rings. The van der Waals surface area contributed by atoms with Crippen LogP contribution in [0.3, 0.4) is 0 Å². The van der Waals surface area contributed by atoms with Gasteiger partial charge in [-0.3, -0.25) is 5.10 Å². The molecule has 13 heavy (non-hydrogen) atoms. The Bertz CT molecular complexity index is 407. The number of nitrogens with zero attached hydrogens (tertiary/aromatic N) is 1. The van der Waals surface area contributed by atoms with Crippen LogP contribution in [0.4, 0.5) is 0 Å². The minimum Gasteiger partial charge on any atom is -0.285 e. The van der Waals surface area contributed by atoms with Gasteiger partial charge in [-0.05, 0) is 18.6 Å². The average molecular weight is 237 g/mol. The summed E-state index contributed by atoms with van der Waals surface area (Å²) in [5.74, 6) is 0. The van der Waals surface area contributed by atoms with Crippen molar-refractivity contribution in [3.05, 3.63) is 40.6 Å². The average Bonchev–Trinajstić information content (AvgIpc) is 2.61. The first-order valence-electron chi connectivity index (χ1n) is 4.02. The Morgan fingerprint density at radius 1 is 1.38 bits per heavy atom. The van der Waals surface area contributed by atoms with Gasteiger partial charge in [0.25, 0.3) is 0 Å². The molecule has 0 aliphatic carbocycles. The molecule has 0 radical (unpaired) electrons. The van der Waals surface area contributed by atoms with Crippen molar-refractivity contribution in [3.8, 4) is 11.1 Å². The number of hydrogen-bond donors (Lipinski definition) is 1. The lowest BCUT2D eigenvalue weighted by molar-refractivity contribution is 1.09. The fourth-order valence-corrected chi connectivity index (χ4v) is 1.73. The normalized spacial score (nSPS) is 10.3. The van der Waals surface area contributed by atoms with E-state index in [1.807, 2.05) is 12.4 Å². The number of nitrogens with one attached hydrogen (secondary N) is 1. The summed E-state index contributed by atoms with van der Waals surface area (Å²) in [5, 5.41) is 6.73. The van der Waals surface area contributed by atoms with E-state index in [-0.39, 0.29) is 0 Å². The molecule has 0 spiro atoms. The molecule has 1 N–H and O–H groups in total. The molecule has 0 bridgehead atoms. The topological polar surface area (TPSA) is 28.7 Å². The maximum atomic E-state index is 3.92. The summed E-state index contributed by atoms with van der Waals surface area (Å²) < 4.78 is 1.10. The van der Waals surface area contributed by atoms with Crippen LogP contribution in [0.25, 0.3) is 11.1 Å². The summed E-state index contributed by atoms with van der Waals surface area (Å²) in [6, 6.07) is 6.26. The molecule has 1 aromatic heterocycles. The second kappa shape index (κ2) is 3.34. The van der Waals surface area contributed by atoms with E-state index < -0.39 is 0 Å². The van der Waals surface area contributed by atoms with Crippen LogP contribution in [0.1, 0.15) is 5.56 Å². The maximum absolute atomic E-state index is 3.92. The summed E-state index contributed by atoms with van der Waals surface area (Å²) in [4.78, 5) is 0. The monoisotopic (exact) mass is 236 g/mol. The number of aryl methyl sites for hydroxylation is 1. The molecular formula is C10H9BrN2. The van der Waals surface area contributed by atoms with E-state index in [1.165, 1.54) is 11.1 Å². The molecule has 0 saturated heterocycles. The molecule has 3 heteroatoms. The van der Waals surface area contributed by atoms with Gasteiger partial charge in [-0.2, -0.15) is 5.10 Å². The third-order valence-electron chi connectivity index (χ3n) is 1.93. The summed E-state index contributed by atoms with van der Waals surface area (Å²) in [7, 11) is 0. The molecular weight excluding hydrogens is 228 g/mol. The minimum atomic E-state index is 1.10. The number of rotatable bonds is 1. The van der Waals surface area contributed by atoms with Crippen LogP contribution in [-0.4, -0.2) is 10.2 Å². The van der Waals surface area contributed by atoms with Gasteiger partial charge in [0.05, 0.1) is 6.20 Å². The van der Waals surface area contributed by atoms with Crippen molar-refractivity contribution >= 4 is 15.9 Å². The number of H-pyrrole nitrogens is 1. The van der Waals surface area contributed by atoms with Gasteiger partial charge < -0.3 is 0 Å². The molecule has 0 unspecified atom stereocenters. The lowest BCUT2D eigenvalue weighted by Crippen LogP contribution is -1.79. The highest BCUT2D eigenvalue weighted by Crippen LogP contribution is 2.27. The quantitative estimate of drug-likeness (QED) is 0.810. The molecule has 2 rings (SSSR count). The first kappa shape index (κ1) is 8.51. The summed E-state index contributed by atoms with van der Waals surface area (Å²) >= 11 is 3.51. The van der Waals surface area contributed by atoms with Crippen molar-refractivity contribution in [2.75, 3.05) is 0 Å². The molecule has 66 valence electrons. The van der Waals surface area contributed by atoms with Crippen LogP contribution in [-0.2, 0) is 0 Å². The van der Waals surface area contributed by atoms with E-state index in [2.05, 4.69) is 51.3 Å². The highest BCUT2D eigenvalue weighted by atomic mass is 79.9. The molecule has 0 aliphatic heterocycles. The second-order valence-corrected chi connectivity index (χ2v) is 3.82. The van der Waals surface area contributed by atoms with E-state index in [0.717, 1.165) is 10.0 Å². The highest BCUT2D eigenvalue weighted by molar-refractivity contribution is 9.10. The molecule has 2 nitrogen and oxygen atoms in total. The standard InChI is InChI=1S/C10H9BrN2/c1-7-2-3-10(11)9(4-7)8-5-12-13-6-8/h2-6H,1H3,(H,12,13). The van der Waals surface area contributed by atoms with Gasteiger partial charge in [-0.1, -0.05) is 33.6 Å². The number of halogens is 1. The largest absolute Gasteiger partial charge is 0.285 e. The third kappa shape index (κ3) is 1.65. The predicted molar refractivity (Wildman–Crippen MR) is 56.5 cm³/mol. The van der Waals surface area contributed by atoms with E-state index in [1.54, 1.807) is 0 Å². The summed E-state index contributed by atoms with van der Waals surface area (Å²) in [6.45, 7) is 2.08. The lowest BCUT2D eigenvalue weighted by Gasteiger charge is -2.02. The minimum absolute atomic E-state index is 1.10. The van der Waals surface area contributed by atoms with Crippen molar-refractivity contribution in [2.45, 2.75) is 6.92 Å². The van der Waals surface area contributed by atoms with Crippen molar-refractivity contribution in [3.63, 3.8) is 0 Å². The molecule has 0 atom stereocenters. The van der Waals surface area contributed by atoms with Gasteiger partial charge in [0.15, 0.2) is 0 Å². The number of aromatic nitrogens is 2. The van der Waals surface area contributed by atoms with Crippen molar-refractivity contribution in [1.29, 1.82) is 0 Å². The van der Waals surface area contributed by atoms with E-state index in [4.69, 9.17) is 0 Å². The SMILES string of the molecule is Cc1ccc(Br)c(-c2cn[nH]c2)c1. The molecule has 1 heterocycles. The maximum Gasteiger partial charge on any atom is 0.0566 e. The van der Waals surface area contributed by atoms with Gasteiger partial charge in [0, 0.05) is 16.2 Å². The van der Waals surface area contributed by atoms with Crippen molar-refractivity contribution < 1.29 is 0 Å². The first-order valence-corrected chi connectivity index (χ1v) is 4.82. The lowest BCUT2D eigenvalue weighted by atomic mass is 10.1. The number of benzene rings is 1. The Balaban J connectivity index is 2.57. The first-order chi connectivity index (χ1) is 6.27. The van der Waals surface area contributed by atoms with Crippen LogP contribution in [0.15, 0.2) is 35.1 Å². The van der Waals surface area contributed by atoms with Crippen LogP contribution in [0, 0.1) is 6.92 Å². The fourth-order valence-electron chi connectivity index (χ4n) is 1.26. The van der Waals surface area contributed by atoms with Gasteiger partial charge in [-0.25, -0.2) is 0 Å². The van der Waals surface area contributed by atoms with Crippen LogP contribution in [0.2, 0.25) is 0 Å². The van der Waals surface area contributed by atoms with Gasteiger partial charge in [0.1, 0.15) is 0 Å². The Morgan fingerprint density at radius 2 is 2.23 bits per heavy atom. The predicted octanol–water partition coefficient (Wildman–Crippen LogP) is 3.15. The highest BCUT2D eigenvalue weighted by Gasteiger charge is 2.03. The number of hydrogen-bond acceptors (Lipinski definition) is 1.